The van der Waals surface area contributed by atoms with E-state index in [0.717, 1.165) is 31.9 Å². The Hall–Kier alpha value is -3.07. The largest absolute Gasteiger partial charge is 0.399 e. The third kappa shape index (κ3) is 4.73. The van der Waals surface area contributed by atoms with Crippen molar-refractivity contribution in [3.63, 3.8) is 0 Å². The third-order valence-electron chi connectivity index (χ3n) is 5.77. The summed E-state index contributed by atoms with van der Waals surface area (Å²) in [6.45, 7) is 12.8. The van der Waals surface area contributed by atoms with E-state index in [1.165, 1.54) is 33.7 Å². The summed E-state index contributed by atoms with van der Waals surface area (Å²) in [6, 6.07) is 17.1. The molecule has 1 aliphatic carbocycles. The highest BCUT2D eigenvalue weighted by atomic mass is 15.1. The molecule has 0 atom stereocenters. The van der Waals surface area contributed by atoms with Gasteiger partial charge < -0.3 is 10.6 Å². The van der Waals surface area contributed by atoms with E-state index in [1.54, 1.807) is 0 Å². The van der Waals surface area contributed by atoms with E-state index in [2.05, 4.69) is 97.9 Å². The first-order valence-electron chi connectivity index (χ1n) is 11.0. The standard InChI is InChI=1S/C27H33N3/c1-5-29(6-2)25-17-11-22(12-18-25)27(21-9-15-24(28)16-10-21)23-13-19-26(20-14-23)30(7-3)8-4/h9-20,28H,5-8H2,1-4H3/p+1. The second-order valence-electron chi connectivity index (χ2n) is 7.44. The van der Waals surface area contributed by atoms with E-state index in [9.17, 15) is 0 Å². The molecule has 2 aromatic carbocycles. The Morgan fingerprint density at radius 3 is 1.70 bits per heavy atom. The first-order chi connectivity index (χ1) is 14.6. The van der Waals surface area contributed by atoms with Crippen molar-refractivity contribution in [2.45, 2.75) is 27.7 Å². The molecule has 0 saturated heterocycles. The van der Waals surface area contributed by atoms with Gasteiger partial charge in [-0.2, -0.15) is 0 Å². The zero-order valence-electron chi connectivity index (χ0n) is 18.7. The molecule has 0 amide bonds. The first-order valence-corrected chi connectivity index (χ1v) is 11.0. The van der Waals surface area contributed by atoms with Gasteiger partial charge in [0.25, 0.3) is 0 Å². The van der Waals surface area contributed by atoms with Crippen LogP contribution in [-0.4, -0.2) is 36.5 Å². The van der Waals surface area contributed by atoms with Gasteiger partial charge in [-0.05, 0) is 86.4 Å². The average molecular weight is 401 g/mol. The van der Waals surface area contributed by atoms with Gasteiger partial charge in [0.1, 0.15) is 13.1 Å². The van der Waals surface area contributed by atoms with Crippen LogP contribution in [0.25, 0.3) is 5.57 Å². The molecule has 0 aliphatic heterocycles. The summed E-state index contributed by atoms with van der Waals surface area (Å²) in [5.41, 5.74) is 14.1. The number of hydrogen-bond donors (Lipinski definition) is 1. The van der Waals surface area contributed by atoms with Crippen molar-refractivity contribution < 1.29 is 4.58 Å². The van der Waals surface area contributed by atoms with Crippen molar-refractivity contribution in [1.82, 2.24) is 0 Å². The molecule has 0 heterocycles. The van der Waals surface area contributed by atoms with Gasteiger partial charge in [-0.25, -0.2) is 4.58 Å². The van der Waals surface area contributed by atoms with E-state index >= 15 is 0 Å². The quantitative estimate of drug-likeness (QED) is 0.489. The molecule has 0 aromatic heterocycles. The Balaban J connectivity index is 2.08. The van der Waals surface area contributed by atoms with Crippen molar-refractivity contribution in [2.75, 3.05) is 36.8 Å². The Kier molecular flexibility index (Phi) is 7.29. The molecule has 2 N–H and O–H groups in total. The molecule has 0 bridgehead atoms. The summed E-state index contributed by atoms with van der Waals surface area (Å²) >= 11 is 0. The van der Waals surface area contributed by atoms with Gasteiger partial charge in [-0.1, -0.05) is 24.3 Å². The number of nitrogen functional groups attached to an aromatic ring is 1. The van der Waals surface area contributed by atoms with Crippen LogP contribution in [0, 0.1) is 0 Å². The highest BCUT2D eigenvalue weighted by Gasteiger charge is 2.14. The predicted molar refractivity (Wildman–Crippen MR) is 132 cm³/mol. The molecule has 1 aliphatic rings. The lowest BCUT2D eigenvalue weighted by Crippen LogP contribution is -2.21. The summed E-state index contributed by atoms with van der Waals surface area (Å²) in [5.74, 6) is 0. The molecule has 2 aromatic rings. The van der Waals surface area contributed by atoms with Crippen LogP contribution in [0.5, 0.6) is 0 Å². The van der Waals surface area contributed by atoms with Crippen molar-refractivity contribution in [1.29, 1.82) is 0 Å². The lowest BCUT2D eigenvalue weighted by atomic mass is 9.90. The Labute approximate surface area is 181 Å². The Bertz CT molecular complexity index is 946. The highest BCUT2D eigenvalue weighted by molar-refractivity contribution is 6.04. The van der Waals surface area contributed by atoms with Crippen LogP contribution in [-0.2, 0) is 0 Å². The Morgan fingerprint density at radius 2 is 1.23 bits per heavy atom. The van der Waals surface area contributed by atoms with E-state index < -0.39 is 0 Å². The zero-order chi connectivity index (χ0) is 21.5. The molecule has 0 spiro atoms. The summed E-state index contributed by atoms with van der Waals surface area (Å²) in [4.78, 5) is 2.37. The number of rotatable bonds is 7. The second-order valence-corrected chi connectivity index (χ2v) is 7.44. The first kappa shape index (κ1) is 21.6. The van der Waals surface area contributed by atoms with Gasteiger partial charge in [0, 0.05) is 36.6 Å². The number of anilines is 2. The minimum atomic E-state index is 0.784. The van der Waals surface area contributed by atoms with Gasteiger partial charge >= 0.3 is 0 Å². The molecular weight excluding hydrogens is 366 g/mol. The highest BCUT2D eigenvalue weighted by Crippen LogP contribution is 2.31. The van der Waals surface area contributed by atoms with E-state index in [4.69, 9.17) is 5.73 Å². The minimum Gasteiger partial charge on any atom is -0.399 e. The molecule has 0 radical (unpaired) electrons. The van der Waals surface area contributed by atoms with E-state index in [1.807, 2.05) is 12.1 Å². The van der Waals surface area contributed by atoms with Crippen molar-refractivity contribution in [2.24, 2.45) is 0 Å². The fourth-order valence-electron chi connectivity index (χ4n) is 4.01. The molecule has 0 saturated carbocycles. The number of hydrogen-bond acceptors (Lipinski definition) is 2. The topological polar surface area (TPSA) is 32.3 Å². The van der Waals surface area contributed by atoms with E-state index in [-0.39, 0.29) is 0 Å². The van der Waals surface area contributed by atoms with Crippen LogP contribution >= 0.6 is 0 Å². The summed E-state index contributed by atoms with van der Waals surface area (Å²) in [5, 5.41) is 0. The fourth-order valence-corrected chi connectivity index (χ4v) is 4.01. The van der Waals surface area contributed by atoms with Crippen LogP contribution in [0.15, 0.2) is 78.4 Å². The van der Waals surface area contributed by atoms with Crippen molar-refractivity contribution in [3.05, 3.63) is 89.5 Å². The summed E-state index contributed by atoms with van der Waals surface area (Å²) in [6.07, 6.45) is 8.92. The molecular formula is C27H34N3+. The zero-order valence-corrected chi connectivity index (χ0v) is 18.7. The predicted octanol–water partition coefficient (Wildman–Crippen LogP) is 5.54. The Morgan fingerprint density at radius 1 is 0.733 bits per heavy atom. The van der Waals surface area contributed by atoms with Gasteiger partial charge in [0.15, 0.2) is 5.71 Å². The summed E-state index contributed by atoms with van der Waals surface area (Å²) in [7, 11) is 0. The molecule has 156 valence electrons. The number of nitrogens with zero attached hydrogens (tertiary/aromatic N) is 2. The normalized spacial score (nSPS) is 12.9. The maximum atomic E-state index is 5.95. The van der Waals surface area contributed by atoms with Crippen molar-refractivity contribution >= 4 is 22.7 Å². The molecule has 3 rings (SSSR count). The van der Waals surface area contributed by atoms with Crippen LogP contribution in [0.3, 0.4) is 0 Å². The van der Waals surface area contributed by atoms with Crippen LogP contribution in [0.1, 0.15) is 38.8 Å². The number of benzene rings is 2. The lowest BCUT2D eigenvalue weighted by molar-refractivity contribution is -0.519. The minimum absolute atomic E-state index is 0.784. The average Bonchev–Trinajstić information content (AvgIpc) is 2.79. The molecule has 30 heavy (non-hydrogen) atoms. The molecule has 0 fully saturated rings. The van der Waals surface area contributed by atoms with Gasteiger partial charge in [0.2, 0.25) is 0 Å². The fraction of sp³-hybridized carbons (Fsp3) is 0.296. The molecule has 3 nitrogen and oxygen atoms in total. The van der Waals surface area contributed by atoms with Gasteiger partial charge in [-0.3, -0.25) is 0 Å². The maximum absolute atomic E-state index is 5.95. The molecule has 3 heteroatoms. The van der Waals surface area contributed by atoms with Gasteiger partial charge in [0.05, 0.1) is 0 Å². The van der Waals surface area contributed by atoms with Crippen LogP contribution in [0.4, 0.5) is 11.4 Å². The van der Waals surface area contributed by atoms with Crippen LogP contribution < -0.4 is 10.6 Å². The number of allylic oxidation sites excluding steroid dienone is 5. The van der Waals surface area contributed by atoms with Crippen LogP contribution in [0.2, 0.25) is 0 Å². The monoisotopic (exact) mass is 400 g/mol. The van der Waals surface area contributed by atoms with Gasteiger partial charge in [-0.15, -0.1) is 0 Å². The van der Waals surface area contributed by atoms with Crippen molar-refractivity contribution in [3.8, 4) is 0 Å². The number of nitrogens with two attached hydrogens (primary N) is 1. The maximum Gasteiger partial charge on any atom is 0.199 e. The summed E-state index contributed by atoms with van der Waals surface area (Å²) < 4.78 is 2.37. The smallest absolute Gasteiger partial charge is 0.199 e. The third-order valence-corrected chi connectivity index (χ3v) is 5.77. The van der Waals surface area contributed by atoms with E-state index in [0.29, 0.717) is 0 Å². The lowest BCUT2D eigenvalue weighted by Gasteiger charge is -2.22. The molecule has 0 unspecified atom stereocenters. The SMILES string of the molecule is CCN(CC)c1ccc(C(=C2C=CC(=[N+](CC)CC)C=C2)c2ccc(N)cc2)cc1. The second kappa shape index (κ2) is 10.1.